The molecule has 1 amide bonds. The second-order valence-electron chi connectivity index (χ2n) is 6.65. The molecular weight excluding hydrogens is 445 g/mol. The summed E-state index contributed by atoms with van der Waals surface area (Å²) in [5.41, 5.74) is -2.52. The number of hydrogen-bond donors (Lipinski definition) is 2. The van der Waals surface area contributed by atoms with Crippen LogP contribution in [0.2, 0.25) is 5.02 Å². The number of ether oxygens (including phenoxy) is 1. The SMILES string of the molecule is [2H]/C(=C\C(=O)Nc1c(OC([2H])([2H])C)c([2H])c2nc([2H])c(C#N)c(Nc3c([2H])c([2H])c(F)c(Cl)c3[2H])c2c1[2H])CN(C)C. The highest BCUT2D eigenvalue weighted by molar-refractivity contribution is 6.31. The van der Waals surface area contributed by atoms with Crippen LogP contribution in [-0.4, -0.2) is 43.0 Å². The number of amides is 1. The van der Waals surface area contributed by atoms with Gasteiger partial charge >= 0.3 is 0 Å². The van der Waals surface area contributed by atoms with Crippen LogP contribution in [0.1, 0.15) is 24.8 Å². The van der Waals surface area contributed by atoms with E-state index in [0.717, 1.165) is 13.0 Å². The van der Waals surface area contributed by atoms with Crippen molar-refractivity contribution in [3.63, 3.8) is 0 Å². The van der Waals surface area contributed by atoms with E-state index in [4.69, 9.17) is 28.7 Å². The Hall–Kier alpha value is -3.67. The molecule has 0 spiro atoms. The lowest BCUT2D eigenvalue weighted by atomic mass is 10.1. The second kappa shape index (κ2) is 10.8. The molecule has 0 aliphatic carbocycles. The second-order valence-corrected chi connectivity index (χ2v) is 7.03. The lowest BCUT2D eigenvalue weighted by Gasteiger charge is -2.16. The minimum Gasteiger partial charge on any atom is -0.492 e. The van der Waals surface area contributed by atoms with Crippen molar-refractivity contribution in [1.29, 1.82) is 5.26 Å². The molecule has 170 valence electrons. The van der Waals surface area contributed by atoms with Gasteiger partial charge in [-0.1, -0.05) is 17.7 Å². The summed E-state index contributed by atoms with van der Waals surface area (Å²) in [6, 6.07) is -2.36. The summed E-state index contributed by atoms with van der Waals surface area (Å²) < 4.78 is 93.1. The van der Waals surface area contributed by atoms with E-state index in [0.29, 0.717) is 0 Å². The summed E-state index contributed by atoms with van der Waals surface area (Å²) in [6.45, 7) is -1.34. The van der Waals surface area contributed by atoms with Crippen LogP contribution < -0.4 is 15.4 Å². The Morgan fingerprint density at radius 3 is 2.94 bits per heavy atom. The van der Waals surface area contributed by atoms with Crippen molar-refractivity contribution in [3.05, 3.63) is 64.9 Å². The number of aromatic nitrogens is 1. The van der Waals surface area contributed by atoms with Gasteiger partial charge in [-0.3, -0.25) is 9.78 Å². The molecule has 0 atom stereocenters. The van der Waals surface area contributed by atoms with Gasteiger partial charge < -0.3 is 20.3 Å². The van der Waals surface area contributed by atoms with Crippen LogP contribution in [0.25, 0.3) is 10.9 Å². The number of hydrogen-bond acceptors (Lipinski definition) is 6. The first-order valence-corrected chi connectivity index (χ1v) is 9.68. The molecule has 33 heavy (non-hydrogen) atoms. The molecule has 0 fully saturated rings. The maximum absolute atomic E-state index is 14.2. The van der Waals surface area contributed by atoms with Crippen LogP contribution in [-0.2, 0) is 4.79 Å². The Kier molecular flexibility index (Phi) is 4.72. The lowest BCUT2D eigenvalue weighted by molar-refractivity contribution is -0.111. The smallest absolute Gasteiger partial charge is 0.248 e. The number of nitrogens with zero attached hydrogens (tertiary/aromatic N) is 3. The quantitative estimate of drug-likeness (QED) is 0.440. The summed E-state index contributed by atoms with van der Waals surface area (Å²) in [4.78, 5) is 18.4. The number of halogens is 2. The fourth-order valence-corrected chi connectivity index (χ4v) is 2.68. The van der Waals surface area contributed by atoms with Gasteiger partial charge in [0.2, 0.25) is 5.91 Å². The number of fused-ring (bicyclic) bond motifs is 1. The van der Waals surface area contributed by atoms with Crippen molar-refractivity contribution >= 4 is 45.5 Å². The minimum absolute atomic E-state index is 0.0857. The summed E-state index contributed by atoms with van der Waals surface area (Å²) in [6.07, 6.45) is 0.183. The van der Waals surface area contributed by atoms with Crippen LogP contribution >= 0.6 is 11.6 Å². The fourth-order valence-electron chi connectivity index (χ4n) is 2.54. The fraction of sp³-hybridized carbons (Fsp3) is 0.208. The molecule has 0 aliphatic rings. The highest BCUT2D eigenvalue weighted by Crippen LogP contribution is 2.36. The van der Waals surface area contributed by atoms with E-state index in [-0.39, 0.29) is 18.0 Å². The Bertz CT molecular complexity index is 1660. The summed E-state index contributed by atoms with van der Waals surface area (Å²) in [5, 5.41) is 13.5. The zero-order valence-corrected chi connectivity index (χ0v) is 18.5. The summed E-state index contributed by atoms with van der Waals surface area (Å²) >= 11 is 5.83. The standard InChI is InChI=1S/C24H23ClFN5O2/c1-4-33-22-12-20-17(11-21(22)30-23(32)6-5-9-31(2)3)24(15(13-27)14-28-20)29-16-7-8-19(26)18(25)10-16/h5-8,10-12,14H,4,9H2,1-3H3,(H,28,29)(H,30,32)/b6-5+/i4D2,5D,7D,8D,10D,11D,12D,14D. The van der Waals surface area contributed by atoms with Gasteiger partial charge in [-0.15, -0.1) is 0 Å². The Labute approximate surface area is 209 Å². The molecule has 0 aliphatic heterocycles. The van der Waals surface area contributed by atoms with Gasteiger partial charge in [0, 0.05) is 35.9 Å². The van der Waals surface area contributed by atoms with Gasteiger partial charge in [-0.05, 0) is 45.2 Å². The number of pyridine rings is 1. The number of anilines is 3. The topological polar surface area (TPSA) is 90.3 Å². The van der Waals surface area contributed by atoms with Gasteiger partial charge in [-0.25, -0.2) is 4.39 Å². The van der Waals surface area contributed by atoms with E-state index in [9.17, 15) is 14.4 Å². The maximum Gasteiger partial charge on any atom is 0.248 e. The minimum atomic E-state index is -2.43. The zero-order valence-electron chi connectivity index (χ0n) is 26.7. The molecule has 0 saturated carbocycles. The van der Waals surface area contributed by atoms with Crippen LogP contribution in [0.4, 0.5) is 21.5 Å². The Morgan fingerprint density at radius 2 is 2.24 bits per heavy atom. The predicted molar refractivity (Wildman–Crippen MR) is 129 cm³/mol. The number of nitrogens with one attached hydrogen (secondary N) is 2. The molecule has 3 rings (SSSR count). The molecule has 2 aromatic carbocycles. The van der Waals surface area contributed by atoms with Crippen LogP contribution in [0, 0.1) is 17.1 Å². The Morgan fingerprint density at radius 1 is 1.45 bits per heavy atom. The number of carbonyl (C=O) groups excluding carboxylic acids is 1. The first-order chi connectivity index (χ1) is 19.4. The maximum atomic E-state index is 14.2. The number of benzene rings is 2. The number of rotatable bonds is 8. The van der Waals surface area contributed by atoms with Crippen molar-refractivity contribution in [2.24, 2.45) is 0 Å². The molecule has 0 radical (unpaired) electrons. The third kappa shape index (κ3) is 5.98. The molecular formula is C24H23ClFN5O2. The Balaban J connectivity index is 2.43. The number of carbonyl (C=O) groups is 1. The highest BCUT2D eigenvalue weighted by atomic mass is 35.5. The lowest BCUT2D eigenvalue weighted by Crippen LogP contribution is -2.13. The van der Waals surface area contributed by atoms with Gasteiger partial charge in [-0.2, -0.15) is 5.26 Å². The van der Waals surface area contributed by atoms with Crippen molar-refractivity contribution in [2.45, 2.75) is 6.92 Å². The van der Waals surface area contributed by atoms with Crippen molar-refractivity contribution in [3.8, 4) is 11.8 Å². The van der Waals surface area contributed by atoms with Crippen molar-refractivity contribution in [2.75, 3.05) is 37.8 Å². The van der Waals surface area contributed by atoms with Crippen LogP contribution in [0.5, 0.6) is 5.75 Å². The van der Waals surface area contributed by atoms with E-state index in [2.05, 4.69) is 15.6 Å². The van der Waals surface area contributed by atoms with E-state index in [1.54, 1.807) is 25.1 Å². The third-order valence-electron chi connectivity index (χ3n) is 3.90. The largest absolute Gasteiger partial charge is 0.492 e. The molecule has 0 bridgehead atoms. The average molecular weight is 477 g/mol. The average Bonchev–Trinajstić information content (AvgIpc) is 2.87. The van der Waals surface area contributed by atoms with Gasteiger partial charge in [0.05, 0.1) is 46.4 Å². The molecule has 9 heteroatoms. The molecule has 1 aromatic heterocycles. The van der Waals surface area contributed by atoms with Crippen LogP contribution in [0.3, 0.4) is 0 Å². The summed E-state index contributed by atoms with van der Waals surface area (Å²) in [7, 11) is 3.34. The molecule has 3 aromatic rings. The number of likely N-dealkylation sites (N-methyl/N-ethyl adjacent to an activating group) is 1. The molecule has 2 N–H and O–H groups in total. The van der Waals surface area contributed by atoms with Gasteiger partial charge in [0.15, 0.2) is 0 Å². The molecule has 0 saturated heterocycles. The van der Waals surface area contributed by atoms with E-state index >= 15 is 0 Å². The van der Waals surface area contributed by atoms with E-state index in [1.807, 2.05) is 0 Å². The normalized spacial score (nSPS) is 15.7. The first kappa shape index (κ1) is 14.5. The zero-order chi connectivity index (χ0) is 31.8. The third-order valence-corrected chi connectivity index (χ3v) is 4.17. The van der Waals surface area contributed by atoms with E-state index in [1.165, 1.54) is 0 Å². The molecule has 1 heterocycles. The van der Waals surface area contributed by atoms with Crippen molar-refractivity contribution in [1.82, 2.24) is 9.88 Å². The van der Waals surface area contributed by atoms with Crippen LogP contribution in [0.15, 0.2) is 48.5 Å². The predicted octanol–water partition coefficient (Wildman–Crippen LogP) is 5.10. The van der Waals surface area contributed by atoms with Gasteiger partial charge in [0.1, 0.15) is 17.6 Å². The van der Waals surface area contributed by atoms with Gasteiger partial charge in [0.25, 0.3) is 0 Å². The monoisotopic (exact) mass is 476 g/mol. The molecule has 0 unspecified atom stereocenters. The molecule has 7 nitrogen and oxygen atoms in total. The van der Waals surface area contributed by atoms with Crippen molar-refractivity contribution < 1.29 is 26.3 Å². The van der Waals surface area contributed by atoms with E-state index < -0.39 is 93.6 Å². The summed E-state index contributed by atoms with van der Waals surface area (Å²) in [5.74, 6) is -2.89. The highest BCUT2D eigenvalue weighted by Gasteiger charge is 2.15. The number of nitriles is 1. The first-order valence-electron chi connectivity index (χ1n) is 13.8.